The first-order valence-electron chi connectivity index (χ1n) is 4.86. The van der Waals surface area contributed by atoms with Crippen LogP contribution < -0.4 is 5.32 Å². The van der Waals surface area contributed by atoms with Crippen molar-refractivity contribution in [1.82, 2.24) is 5.32 Å². The Kier molecular flexibility index (Phi) is 2.93. The Bertz CT molecular complexity index is 363. The molecule has 0 bridgehead atoms. The maximum atomic E-state index is 10.5. The molecular formula is C10H13NO3S. The van der Waals surface area contributed by atoms with Gasteiger partial charge in [-0.2, -0.15) is 0 Å². The molecule has 1 aliphatic heterocycles. The first-order chi connectivity index (χ1) is 7.18. The normalized spacial score (nSPS) is 21.8. The van der Waals surface area contributed by atoms with Crippen LogP contribution in [0.25, 0.3) is 0 Å². The molecule has 0 aromatic carbocycles. The van der Waals surface area contributed by atoms with E-state index in [0.29, 0.717) is 6.61 Å². The zero-order chi connectivity index (χ0) is 10.8. The molecule has 0 unspecified atom stereocenters. The molecule has 2 N–H and O–H groups in total. The van der Waals surface area contributed by atoms with Crippen LogP contribution in [0.2, 0.25) is 0 Å². The fourth-order valence-electron chi connectivity index (χ4n) is 1.82. The third kappa shape index (κ3) is 2.13. The number of ether oxygens (including phenoxy) is 1. The highest BCUT2D eigenvalue weighted by atomic mass is 32.1. The quantitative estimate of drug-likeness (QED) is 0.812. The van der Waals surface area contributed by atoms with Gasteiger partial charge >= 0.3 is 6.09 Å². The average Bonchev–Trinajstić information content (AvgIpc) is 2.63. The van der Waals surface area contributed by atoms with Crippen molar-refractivity contribution in [2.24, 2.45) is 0 Å². The highest BCUT2D eigenvalue weighted by Crippen LogP contribution is 2.33. The lowest BCUT2D eigenvalue weighted by molar-refractivity contribution is 0.0232. The van der Waals surface area contributed by atoms with Gasteiger partial charge in [0, 0.05) is 4.88 Å². The number of carbonyl (C=O) groups is 1. The fraction of sp³-hybridized carbons (Fsp3) is 0.500. The van der Waals surface area contributed by atoms with E-state index >= 15 is 0 Å². The predicted octanol–water partition coefficient (Wildman–Crippen LogP) is 2.02. The molecule has 5 heteroatoms. The SMILES string of the molecule is C[C@@H](NC(=O)O)[C@@H]1OCCc2ccsc21. The molecule has 0 radical (unpaired) electrons. The van der Waals surface area contributed by atoms with E-state index in [4.69, 9.17) is 9.84 Å². The van der Waals surface area contributed by atoms with Crippen molar-refractivity contribution in [3.8, 4) is 0 Å². The predicted molar refractivity (Wildman–Crippen MR) is 57.3 cm³/mol. The maximum Gasteiger partial charge on any atom is 0.404 e. The molecule has 1 aromatic rings. The van der Waals surface area contributed by atoms with Crippen LogP contribution >= 0.6 is 11.3 Å². The van der Waals surface area contributed by atoms with E-state index in [1.165, 1.54) is 5.56 Å². The van der Waals surface area contributed by atoms with Gasteiger partial charge in [-0.15, -0.1) is 11.3 Å². The first-order valence-corrected chi connectivity index (χ1v) is 5.74. The van der Waals surface area contributed by atoms with Gasteiger partial charge in [0.15, 0.2) is 0 Å². The first kappa shape index (κ1) is 10.4. The number of thiophene rings is 1. The minimum absolute atomic E-state index is 0.134. The summed E-state index contributed by atoms with van der Waals surface area (Å²) in [7, 11) is 0. The summed E-state index contributed by atoms with van der Waals surface area (Å²) in [6, 6.07) is 1.88. The van der Waals surface area contributed by atoms with Crippen LogP contribution in [0.3, 0.4) is 0 Å². The topological polar surface area (TPSA) is 58.6 Å². The summed E-state index contributed by atoms with van der Waals surface area (Å²) >= 11 is 1.63. The van der Waals surface area contributed by atoms with Gasteiger partial charge < -0.3 is 15.2 Å². The molecule has 0 saturated carbocycles. The molecule has 1 amide bonds. The summed E-state index contributed by atoms with van der Waals surface area (Å²) < 4.78 is 5.61. The number of carboxylic acid groups (broad SMARTS) is 1. The Labute approximate surface area is 91.9 Å². The number of fused-ring (bicyclic) bond motifs is 1. The summed E-state index contributed by atoms with van der Waals surface area (Å²) in [5, 5.41) is 13.1. The zero-order valence-electron chi connectivity index (χ0n) is 8.40. The molecule has 2 atom stereocenters. The molecule has 15 heavy (non-hydrogen) atoms. The lowest BCUT2D eigenvalue weighted by Gasteiger charge is -2.28. The minimum Gasteiger partial charge on any atom is -0.465 e. The molecule has 2 rings (SSSR count). The second-order valence-corrected chi connectivity index (χ2v) is 4.54. The standard InChI is InChI=1S/C10H13NO3S/c1-6(11-10(12)13)8-9-7(2-4-14-8)3-5-15-9/h3,5-6,8,11H,2,4H2,1H3,(H,12,13)/t6-,8+/m1/s1. The summed E-state index contributed by atoms with van der Waals surface area (Å²) in [5.41, 5.74) is 1.29. The second-order valence-electron chi connectivity index (χ2n) is 3.59. The van der Waals surface area contributed by atoms with E-state index in [1.54, 1.807) is 11.3 Å². The van der Waals surface area contributed by atoms with Gasteiger partial charge in [-0.1, -0.05) is 0 Å². The van der Waals surface area contributed by atoms with Crippen LogP contribution in [0.15, 0.2) is 11.4 Å². The smallest absolute Gasteiger partial charge is 0.404 e. The molecule has 1 aromatic heterocycles. The fourth-order valence-corrected chi connectivity index (χ4v) is 2.92. The molecule has 0 saturated heterocycles. The number of hydrogen-bond donors (Lipinski definition) is 2. The minimum atomic E-state index is -1.00. The van der Waals surface area contributed by atoms with E-state index < -0.39 is 6.09 Å². The van der Waals surface area contributed by atoms with Crippen LogP contribution in [0, 0.1) is 0 Å². The summed E-state index contributed by atoms with van der Waals surface area (Å²) in [6.07, 6.45) is -0.214. The Morgan fingerprint density at radius 2 is 2.60 bits per heavy atom. The molecular weight excluding hydrogens is 214 g/mol. The largest absolute Gasteiger partial charge is 0.465 e. The summed E-state index contributed by atoms with van der Waals surface area (Å²) in [4.78, 5) is 11.7. The van der Waals surface area contributed by atoms with Crippen molar-refractivity contribution in [3.05, 3.63) is 21.9 Å². The Balaban J connectivity index is 2.15. The zero-order valence-corrected chi connectivity index (χ0v) is 9.21. The average molecular weight is 227 g/mol. The molecule has 0 spiro atoms. The lowest BCUT2D eigenvalue weighted by Crippen LogP contribution is -2.38. The van der Waals surface area contributed by atoms with Crippen molar-refractivity contribution < 1.29 is 14.6 Å². The highest BCUT2D eigenvalue weighted by Gasteiger charge is 2.28. The van der Waals surface area contributed by atoms with Gasteiger partial charge in [0.25, 0.3) is 0 Å². The molecule has 0 fully saturated rings. The number of hydrogen-bond acceptors (Lipinski definition) is 3. The van der Waals surface area contributed by atoms with Crippen LogP contribution in [-0.4, -0.2) is 23.8 Å². The number of nitrogens with one attached hydrogen (secondary N) is 1. The Morgan fingerprint density at radius 1 is 1.80 bits per heavy atom. The van der Waals surface area contributed by atoms with Crippen molar-refractivity contribution in [2.45, 2.75) is 25.5 Å². The van der Waals surface area contributed by atoms with Crippen molar-refractivity contribution in [2.75, 3.05) is 6.61 Å². The summed E-state index contributed by atoms with van der Waals surface area (Å²) in [5.74, 6) is 0. The molecule has 82 valence electrons. The van der Waals surface area contributed by atoms with Gasteiger partial charge in [-0.05, 0) is 30.4 Å². The van der Waals surface area contributed by atoms with Crippen LogP contribution in [0.5, 0.6) is 0 Å². The number of amides is 1. The molecule has 1 aliphatic rings. The van der Waals surface area contributed by atoms with E-state index in [-0.39, 0.29) is 12.1 Å². The van der Waals surface area contributed by atoms with Crippen molar-refractivity contribution >= 4 is 17.4 Å². The van der Waals surface area contributed by atoms with Crippen LogP contribution in [-0.2, 0) is 11.2 Å². The Morgan fingerprint density at radius 3 is 3.33 bits per heavy atom. The van der Waals surface area contributed by atoms with Gasteiger partial charge in [0.05, 0.1) is 12.6 Å². The van der Waals surface area contributed by atoms with Gasteiger partial charge in [0.1, 0.15) is 6.10 Å². The van der Waals surface area contributed by atoms with Gasteiger partial charge in [-0.25, -0.2) is 4.79 Å². The van der Waals surface area contributed by atoms with E-state index in [1.807, 2.05) is 12.3 Å². The third-order valence-electron chi connectivity index (χ3n) is 2.51. The van der Waals surface area contributed by atoms with Gasteiger partial charge in [0.2, 0.25) is 0 Å². The number of rotatable bonds is 2. The van der Waals surface area contributed by atoms with Gasteiger partial charge in [-0.3, -0.25) is 0 Å². The molecule has 2 heterocycles. The maximum absolute atomic E-state index is 10.5. The highest BCUT2D eigenvalue weighted by molar-refractivity contribution is 7.10. The summed E-state index contributed by atoms with van der Waals surface area (Å²) in [6.45, 7) is 2.49. The van der Waals surface area contributed by atoms with E-state index in [9.17, 15) is 4.79 Å². The Hall–Kier alpha value is -1.07. The second kappa shape index (κ2) is 4.20. The monoisotopic (exact) mass is 227 g/mol. The van der Waals surface area contributed by atoms with E-state index in [0.717, 1.165) is 11.3 Å². The van der Waals surface area contributed by atoms with Crippen LogP contribution in [0.4, 0.5) is 4.79 Å². The molecule has 0 aliphatic carbocycles. The van der Waals surface area contributed by atoms with Crippen molar-refractivity contribution in [1.29, 1.82) is 0 Å². The van der Waals surface area contributed by atoms with Crippen LogP contribution in [0.1, 0.15) is 23.5 Å². The molecule has 4 nitrogen and oxygen atoms in total. The lowest BCUT2D eigenvalue weighted by atomic mass is 10.0. The third-order valence-corrected chi connectivity index (χ3v) is 3.53. The van der Waals surface area contributed by atoms with E-state index in [2.05, 4.69) is 11.4 Å². The van der Waals surface area contributed by atoms with Crippen molar-refractivity contribution in [3.63, 3.8) is 0 Å².